The molecule has 0 spiro atoms. The molecule has 1 fully saturated rings. The van der Waals surface area contributed by atoms with E-state index in [1.165, 1.54) is 33.6 Å². The molecule has 0 radical (unpaired) electrons. The minimum Gasteiger partial charge on any atom is -0.352 e. The van der Waals surface area contributed by atoms with Gasteiger partial charge in [0.05, 0.1) is 23.7 Å². The first-order valence-electron chi connectivity index (χ1n) is 10.7. The van der Waals surface area contributed by atoms with Crippen molar-refractivity contribution in [2.24, 2.45) is 5.92 Å². The highest BCUT2D eigenvalue weighted by atomic mass is 32.2. The number of benzene rings is 1. The van der Waals surface area contributed by atoms with Gasteiger partial charge < -0.3 is 9.88 Å². The fraction of sp³-hybridized carbons (Fsp3) is 0.364. The molecule has 1 saturated heterocycles. The molecule has 1 N–H and O–H groups in total. The van der Waals surface area contributed by atoms with Crippen LogP contribution in [0.3, 0.4) is 0 Å². The number of carbonyl (C=O) groups is 1. The summed E-state index contributed by atoms with van der Waals surface area (Å²) in [6.45, 7) is 1.17. The van der Waals surface area contributed by atoms with Crippen LogP contribution in [0.4, 0.5) is 13.2 Å². The molecule has 1 amide bonds. The van der Waals surface area contributed by atoms with E-state index in [4.69, 9.17) is 0 Å². The number of alkyl halides is 3. The first-order chi connectivity index (χ1) is 16.0. The second kappa shape index (κ2) is 9.26. The van der Waals surface area contributed by atoms with Gasteiger partial charge >= 0.3 is 6.18 Å². The van der Waals surface area contributed by atoms with E-state index < -0.39 is 27.7 Å². The fourth-order valence-electron chi connectivity index (χ4n) is 4.01. The van der Waals surface area contributed by atoms with Gasteiger partial charge in [0.15, 0.2) is 5.82 Å². The van der Waals surface area contributed by atoms with Crippen molar-refractivity contribution in [3.05, 3.63) is 66.1 Å². The molecule has 182 valence electrons. The number of nitrogens with one attached hydrogen (secondary N) is 1. The molecular weight excluding hydrogens is 471 g/mol. The van der Waals surface area contributed by atoms with Crippen LogP contribution in [0.2, 0.25) is 0 Å². The monoisotopic (exact) mass is 495 g/mol. The number of halogens is 3. The van der Waals surface area contributed by atoms with E-state index in [1.807, 2.05) is 0 Å². The van der Waals surface area contributed by atoms with E-state index in [2.05, 4.69) is 10.4 Å². The molecule has 3 heterocycles. The van der Waals surface area contributed by atoms with Crippen LogP contribution in [-0.4, -0.2) is 58.9 Å². The van der Waals surface area contributed by atoms with Gasteiger partial charge in [-0.1, -0.05) is 6.07 Å². The summed E-state index contributed by atoms with van der Waals surface area (Å²) in [5.41, 5.74) is -0.432. The van der Waals surface area contributed by atoms with Crippen LogP contribution in [0.1, 0.15) is 28.8 Å². The molecule has 1 aliphatic rings. The molecule has 0 aliphatic carbocycles. The van der Waals surface area contributed by atoms with Crippen LogP contribution in [0.25, 0.3) is 11.5 Å². The van der Waals surface area contributed by atoms with Crippen molar-refractivity contribution in [1.29, 1.82) is 0 Å². The summed E-state index contributed by atoms with van der Waals surface area (Å²) >= 11 is 0. The van der Waals surface area contributed by atoms with E-state index in [-0.39, 0.29) is 17.2 Å². The van der Waals surface area contributed by atoms with Crippen LogP contribution < -0.4 is 5.32 Å². The second-order valence-corrected chi connectivity index (χ2v) is 10.2. The first kappa shape index (κ1) is 24.0. The largest absolute Gasteiger partial charge is 0.416 e. The molecule has 0 saturated carbocycles. The van der Waals surface area contributed by atoms with E-state index >= 15 is 0 Å². The van der Waals surface area contributed by atoms with Crippen LogP contribution in [0.5, 0.6) is 0 Å². The highest BCUT2D eigenvalue weighted by Crippen LogP contribution is 2.31. The van der Waals surface area contributed by atoms with Crippen molar-refractivity contribution in [3.8, 4) is 11.5 Å². The average molecular weight is 496 g/mol. The van der Waals surface area contributed by atoms with Gasteiger partial charge in [-0.25, -0.2) is 17.4 Å². The van der Waals surface area contributed by atoms with Gasteiger partial charge in [-0.05, 0) is 49.1 Å². The molecular formula is C22H24F3N5O3S. The van der Waals surface area contributed by atoms with Gasteiger partial charge in [0.1, 0.15) is 5.56 Å². The predicted octanol–water partition coefficient (Wildman–Crippen LogP) is 3.08. The number of aromatic nitrogens is 3. The molecule has 0 atom stereocenters. The maximum absolute atomic E-state index is 13.2. The van der Waals surface area contributed by atoms with Crippen molar-refractivity contribution < 1.29 is 26.4 Å². The molecule has 34 heavy (non-hydrogen) atoms. The third kappa shape index (κ3) is 5.17. The zero-order valence-electron chi connectivity index (χ0n) is 18.4. The SMILES string of the molecule is CS(=O)(=O)N1CCC(CNC(=O)c2cnn(-c3cccc(C(F)(F)F)c3)c2-n2cccc2)CC1. The smallest absolute Gasteiger partial charge is 0.352 e. The maximum Gasteiger partial charge on any atom is 0.416 e. The van der Waals surface area contributed by atoms with Crippen LogP contribution in [0, 0.1) is 5.92 Å². The fourth-order valence-corrected chi connectivity index (χ4v) is 4.88. The molecule has 4 rings (SSSR count). The Kier molecular flexibility index (Phi) is 6.54. The minimum atomic E-state index is -4.51. The van der Waals surface area contributed by atoms with Crippen molar-refractivity contribution >= 4 is 15.9 Å². The van der Waals surface area contributed by atoms with Crippen LogP contribution in [0.15, 0.2) is 55.0 Å². The lowest BCUT2D eigenvalue weighted by Gasteiger charge is -2.30. The van der Waals surface area contributed by atoms with Crippen molar-refractivity contribution in [2.75, 3.05) is 25.9 Å². The Morgan fingerprint density at radius 1 is 1.15 bits per heavy atom. The number of hydrogen-bond acceptors (Lipinski definition) is 4. The molecule has 3 aromatic rings. The zero-order valence-corrected chi connectivity index (χ0v) is 19.2. The topological polar surface area (TPSA) is 89.2 Å². The predicted molar refractivity (Wildman–Crippen MR) is 119 cm³/mol. The van der Waals surface area contributed by atoms with Crippen molar-refractivity contribution in [3.63, 3.8) is 0 Å². The lowest BCUT2D eigenvalue weighted by atomic mass is 9.98. The summed E-state index contributed by atoms with van der Waals surface area (Å²) < 4.78 is 67.4. The Bertz CT molecular complexity index is 1260. The van der Waals surface area contributed by atoms with Crippen molar-refractivity contribution in [2.45, 2.75) is 19.0 Å². The summed E-state index contributed by atoms with van der Waals surface area (Å²) in [4.78, 5) is 13.0. The number of rotatable bonds is 6. The van der Waals surface area contributed by atoms with E-state index in [1.54, 1.807) is 29.1 Å². The highest BCUT2D eigenvalue weighted by Gasteiger charge is 2.31. The van der Waals surface area contributed by atoms with E-state index in [0.29, 0.717) is 38.3 Å². The Labute approximate surface area is 195 Å². The Morgan fingerprint density at radius 3 is 2.44 bits per heavy atom. The second-order valence-electron chi connectivity index (χ2n) is 8.25. The van der Waals surface area contributed by atoms with Gasteiger partial charge in [-0.2, -0.15) is 18.3 Å². The van der Waals surface area contributed by atoms with Crippen LogP contribution >= 0.6 is 0 Å². The molecule has 0 unspecified atom stereocenters. The van der Waals surface area contributed by atoms with Gasteiger partial charge in [0.25, 0.3) is 5.91 Å². The van der Waals surface area contributed by atoms with Gasteiger partial charge in [0.2, 0.25) is 10.0 Å². The first-order valence-corrected chi connectivity index (χ1v) is 12.5. The summed E-state index contributed by atoms with van der Waals surface area (Å²) in [6.07, 6.45) is 2.61. The third-order valence-corrected chi connectivity index (χ3v) is 7.15. The molecule has 0 bridgehead atoms. The minimum absolute atomic E-state index is 0.121. The summed E-state index contributed by atoms with van der Waals surface area (Å²) in [5, 5.41) is 7.08. The Hall–Kier alpha value is -3.12. The number of amides is 1. The maximum atomic E-state index is 13.2. The molecule has 2 aromatic heterocycles. The number of piperidine rings is 1. The van der Waals surface area contributed by atoms with Crippen molar-refractivity contribution in [1.82, 2.24) is 24.0 Å². The molecule has 12 heteroatoms. The lowest BCUT2D eigenvalue weighted by molar-refractivity contribution is -0.137. The Morgan fingerprint density at radius 2 is 1.82 bits per heavy atom. The van der Waals surface area contributed by atoms with Gasteiger partial charge in [-0.15, -0.1) is 0 Å². The lowest BCUT2D eigenvalue weighted by Crippen LogP contribution is -2.41. The molecule has 1 aromatic carbocycles. The standard InChI is InChI=1S/C22H24F3N5O3S/c1-34(32,33)29-11-7-16(8-12-29)14-26-20(31)19-15-27-30(21(19)28-9-2-3-10-28)18-6-4-5-17(13-18)22(23,24)25/h2-6,9-10,13,15-16H,7-8,11-12,14H2,1H3,(H,26,31). The highest BCUT2D eigenvalue weighted by molar-refractivity contribution is 7.88. The average Bonchev–Trinajstić information content (AvgIpc) is 3.46. The van der Waals surface area contributed by atoms with Crippen LogP contribution in [-0.2, 0) is 16.2 Å². The van der Waals surface area contributed by atoms with E-state index in [0.717, 1.165) is 12.1 Å². The number of hydrogen-bond donors (Lipinski definition) is 1. The number of nitrogens with zero attached hydrogens (tertiary/aromatic N) is 4. The third-order valence-electron chi connectivity index (χ3n) is 5.85. The van der Waals surface area contributed by atoms with E-state index in [9.17, 15) is 26.4 Å². The quantitative estimate of drug-likeness (QED) is 0.569. The summed E-state index contributed by atoms with van der Waals surface area (Å²) in [7, 11) is -3.23. The normalized spacial score (nSPS) is 16.0. The number of carbonyl (C=O) groups excluding carboxylic acids is 1. The molecule has 1 aliphatic heterocycles. The Balaban J connectivity index is 1.55. The summed E-state index contributed by atoms with van der Waals surface area (Å²) in [6, 6.07) is 8.22. The van der Waals surface area contributed by atoms with Gasteiger partial charge in [-0.3, -0.25) is 4.79 Å². The zero-order chi connectivity index (χ0) is 24.5. The summed E-state index contributed by atoms with van der Waals surface area (Å²) in [5.74, 6) is 0.0247. The molecule has 8 nitrogen and oxygen atoms in total. The van der Waals surface area contributed by atoms with Gasteiger partial charge in [0, 0.05) is 32.0 Å². The number of sulfonamides is 1.